The van der Waals surface area contributed by atoms with E-state index in [1.165, 1.54) is 18.4 Å². The summed E-state index contributed by atoms with van der Waals surface area (Å²) in [5, 5.41) is 9.32. The molecule has 1 atom stereocenters. The Kier molecular flexibility index (Phi) is 5.17. The third kappa shape index (κ3) is 3.84. The molecule has 106 valence electrons. The zero-order valence-corrected chi connectivity index (χ0v) is 12.1. The van der Waals surface area contributed by atoms with E-state index in [-0.39, 0.29) is 5.91 Å². The molecule has 0 radical (unpaired) electrons. The first-order chi connectivity index (χ1) is 9.70. The number of nitriles is 1. The first-order valence-corrected chi connectivity index (χ1v) is 7.44. The molecule has 1 amide bonds. The maximum absolute atomic E-state index is 12.5. The van der Waals surface area contributed by atoms with Gasteiger partial charge in [0.05, 0.1) is 6.07 Å². The highest BCUT2D eigenvalue weighted by Crippen LogP contribution is 2.16. The zero-order chi connectivity index (χ0) is 14.4. The second-order valence-electron chi connectivity index (χ2n) is 5.61. The van der Waals surface area contributed by atoms with Crippen LogP contribution in [0.4, 0.5) is 0 Å². The van der Waals surface area contributed by atoms with Crippen molar-refractivity contribution in [3.8, 4) is 6.07 Å². The maximum Gasteiger partial charge on any atom is 0.240 e. The van der Waals surface area contributed by atoms with Gasteiger partial charge in [-0.25, -0.2) is 0 Å². The number of nitrogens with zero attached hydrogens (tertiary/aromatic N) is 2. The first kappa shape index (κ1) is 14.6. The van der Waals surface area contributed by atoms with Gasteiger partial charge in [0.15, 0.2) is 0 Å². The summed E-state index contributed by atoms with van der Waals surface area (Å²) in [6, 6.07) is 10.3. The number of hydrogen-bond donors (Lipinski definition) is 0. The normalized spacial score (nSPS) is 17.1. The largest absolute Gasteiger partial charge is 0.342 e. The average Bonchev–Trinajstić information content (AvgIpc) is 2.75. The van der Waals surface area contributed by atoms with Crippen LogP contribution >= 0.6 is 0 Å². The number of amides is 1. The molecule has 3 nitrogen and oxygen atoms in total. The minimum absolute atomic E-state index is 0.00924. The van der Waals surface area contributed by atoms with Gasteiger partial charge >= 0.3 is 0 Å². The third-order valence-electron chi connectivity index (χ3n) is 3.93. The number of benzene rings is 1. The van der Waals surface area contributed by atoms with Crippen molar-refractivity contribution >= 4 is 5.91 Å². The molecule has 0 aromatic heterocycles. The van der Waals surface area contributed by atoms with Crippen LogP contribution in [0.3, 0.4) is 0 Å². The molecule has 1 aliphatic rings. The zero-order valence-electron chi connectivity index (χ0n) is 12.1. The second-order valence-corrected chi connectivity index (χ2v) is 5.61. The topological polar surface area (TPSA) is 44.1 Å². The molecule has 0 spiro atoms. The molecular weight excluding hydrogens is 248 g/mol. The highest BCUT2D eigenvalue weighted by Gasteiger charge is 2.24. The monoisotopic (exact) mass is 270 g/mol. The summed E-state index contributed by atoms with van der Waals surface area (Å²) in [5.41, 5.74) is 2.26. The van der Waals surface area contributed by atoms with E-state index in [1.54, 1.807) is 0 Å². The summed E-state index contributed by atoms with van der Waals surface area (Å²) in [6.45, 7) is 3.66. The fourth-order valence-corrected chi connectivity index (χ4v) is 2.66. The minimum atomic E-state index is -0.546. The Hall–Kier alpha value is -1.82. The van der Waals surface area contributed by atoms with E-state index < -0.39 is 5.92 Å². The van der Waals surface area contributed by atoms with Crippen LogP contribution in [0, 0.1) is 24.2 Å². The number of carbonyl (C=O) groups excluding carboxylic acids is 1. The predicted molar refractivity (Wildman–Crippen MR) is 79.0 cm³/mol. The van der Waals surface area contributed by atoms with E-state index in [0.29, 0.717) is 6.42 Å². The third-order valence-corrected chi connectivity index (χ3v) is 3.93. The molecule has 1 saturated heterocycles. The van der Waals surface area contributed by atoms with Gasteiger partial charge in [-0.2, -0.15) is 5.26 Å². The van der Waals surface area contributed by atoms with E-state index in [9.17, 15) is 10.1 Å². The van der Waals surface area contributed by atoms with Gasteiger partial charge in [-0.3, -0.25) is 4.79 Å². The highest BCUT2D eigenvalue weighted by molar-refractivity contribution is 5.81. The standard InChI is InChI=1S/C17H22N2O/c1-14-6-8-15(9-7-14)12-16(13-18)17(20)19-10-4-2-3-5-11-19/h6-9,16H,2-5,10-12H2,1H3. The molecular formula is C17H22N2O. The van der Waals surface area contributed by atoms with Gasteiger partial charge < -0.3 is 4.90 Å². The molecule has 2 rings (SSSR count). The van der Waals surface area contributed by atoms with Crippen LogP contribution < -0.4 is 0 Å². The lowest BCUT2D eigenvalue weighted by Gasteiger charge is -2.23. The lowest BCUT2D eigenvalue weighted by Crippen LogP contribution is -2.37. The summed E-state index contributed by atoms with van der Waals surface area (Å²) in [5.74, 6) is -0.536. The summed E-state index contributed by atoms with van der Waals surface area (Å²) in [7, 11) is 0. The Balaban J connectivity index is 2.01. The van der Waals surface area contributed by atoms with Crippen molar-refractivity contribution in [1.29, 1.82) is 5.26 Å². The van der Waals surface area contributed by atoms with Gasteiger partial charge in [-0.1, -0.05) is 42.7 Å². The highest BCUT2D eigenvalue weighted by atomic mass is 16.2. The van der Waals surface area contributed by atoms with Crippen LogP contribution in [-0.4, -0.2) is 23.9 Å². The molecule has 0 saturated carbocycles. The number of aryl methyl sites for hydroxylation is 1. The molecule has 3 heteroatoms. The van der Waals surface area contributed by atoms with Crippen molar-refractivity contribution in [2.75, 3.05) is 13.1 Å². The minimum Gasteiger partial charge on any atom is -0.342 e. The molecule has 1 aromatic rings. The van der Waals surface area contributed by atoms with Crippen molar-refractivity contribution in [3.05, 3.63) is 35.4 Å². The number of carbonyl (C=O) groups is 1. The lowest BCUT2D eigenvalue weighted by atomic mass is 9.98. The van der Waals surface area contributed by atoms with E-state index in [4.69, 9.17) is 0 Å². The fourth-order valence-electron chi connectivity index (χ4n) is 2.66. The summed E-state index contributed by atoms with van der Waals surface area (Å²) < 4.78 is 0. The molecule has 1 fully saturated rings. The second kappa shape index (κ2) is 7.09. The molecule has 0 N–H and O–H groups in total. The van der Waals surface area contributed by atoms with E-state index in [2.05, 4.69) is 6.07 Å². The smallest absolute Gasteiger partial charge is 0.240 e. The maximum atomic E-state index is 12.5. The van der Waals surface area contributed by atoms with Gasteiger partial charge in [0.25, 0.3) is 0 Å². The number of likely N-dealkylation sites (tertiary alicyclic amines) is 1. The Morgan fingerprint density at radius 2 is 1.80 bits per heavy atom. The Morgan fingerprint density at radius 3 is 2.35 bits per heavy atom. The van der Waals surface area contributed by atoms with Gasteiger partial charge in [0.1, 0.15) is 5.92 Å². The van der Waals surface area contributed by atoms with E-state index in [1.807, 2.05) is 36.1 Å². The van der Waals surface area contributed by atoms with Gasteiger partial charge in [-0.05, 0) is 31.7 Å². The number of rotatable bonds is 3. The summed E-state index contributed by atoms with van der Waals surface area (Å²) in [4.78, 5) is 14.3. The van der Waals surface area contributed by atoms with Crippen molar-refractivity contribution in [2.24, 2.45) is 5.92 Å². The molecule has 1 aromatic carbocycles. The Labute approximate surface area is 121 Å². The van der Waals surface area contributed by atoms with Crippen molar-refractivity contribution in [2.45, 2.75) is 39.0 Å². The van der Waals surface area contributed by atoms with Crippen LogP contribution in [0.5, 0.6) is 0 Å². The summed E-state index contributed by atoms with van der Waals surface area (Å²) in [6.07, 6.45) is 5.03. The van der Waals surface area contributed by atoms with Gasteiger partial charge in [0, 0.05) is 13.1 Å². The quantitative estimate of drug-likeness (QED) is 0.847. The summed E-state index contributed by atoms with van der Waals surface area (Å²) >= 11 is 0. The van der Waals surface area contributed by atoms with E-state index in [0.717, 1.165) is 31.5 Å². The molecule has 1 aliphatic heterocycles. The van der Waals surface area contributed by atoms with Crippen molar-refractivity contribution < 1.29 is 4.79 Å². The van der Waals surface area contributed by atoms with Crippen LogP contribution in [0.15, 0.2) is 24.3 Å². The van der Waals surface area contributed by atoms with Crippen molar-refractivity contribution in [3.63, 3.8) is 0 Å². The van der Waals surface area contributed by atoms with Gasteiger partial charge in [0.2, 0.25) is 5.91 Å². The molecule has 1 heterocycles. The molecule has 20 heavy (non-hydrogen) atoms. The molecule has 0 aliphatic carbocycles. The van der Waals surface area contributed by atoms with Crippen LogP contribution in [0.25, 0.3) is 0 Å². The molecule has 1 unspecified atom stereocenters. The van der Waals surface area contributed by atoms with Crippen LogP contribution in [0.2, 0.25) is 0 Å². The van der Waals surface area contributed by atoms with Crippen molar-refractivity contribution in [1.82, 2.24) is 4.90 Å². The number of hydrogen-bond acceptors (Lipinski definition) is 2. The van der Waals surface area contributed by atoms with Gasteiger partial charge in [-0.15, -0.1) is 0 Å². The lowest BCUT2D eigenvalue weighted by molar-refractivity contribution is -0.133. The van der Waals surface area contributed by atoms with E-state index >= 15 is 0 Å². The fraction of sp³-hybridized carbons (Fsp3) is 0.529. The Bertz CT molecular complexity index is 479. The SMILES string of the molecule is Cc1ccc(CC(C#N)C(=O)N2CCCCCC2)cc1. The first-order valence-electron chi connectivity index (χ1n) is 7.44. The van der Waals surface area contributed by atoms with Crippen LogP contribution in [0.1, 0.15) is 36.8 Å². The Morgan fingerprint density at radius 1 is 1.20 bits per heavy atom. The van der Waals surface area contributed by atoms with Crippen LogP contribution in [-0.2, 0) is 11.2 Å². The average molecular weight is 270 g/mol. The predicted octanol–water partition coefficient (Wildman–Crippen LogP) is 3.08. The molecule has 0 bridgehead atoms.